The number of hydrogen-bond acceptors (Lipinski definition) is 3. The quantitative estimate of drug-likeness (QED) is 0.539. The summed E-state index contributed by atoms with van der Waals surface area (Å²) in [6, 6.07) is 0.275. The molecular formula is C8H15N3O3. The first-order valence-electron chi connectivity index (χ1n) is 4.57. The number of carbonyl (C=O) groups is 2. The van der Waals surface area contributed by atoms with E-state index in [-0.39, 0.29) is 18.5 Å². The van der Waals surface area contributed by atoms with Gasteiger partial charge in [-0.2, -0.15) is 0 Å². The van der Waals surface area contributed by atoms with E-state index in [9.17, 15) is 9.59 Å². The van der Waals surface area contributed by atoms with E-state index in [2.05, 4.69) is 10.6 Å². The maximum absolute atomic E-state index is 11.4. The molecule has 0 bridgehead atoms. The van der Waals surface area contributed by atoms with E-state index in [1.807, 2.05) is 6.92 Å². The predicted molar refractivity (Wildman–Crippen MR) is 50.1 cm³/mol. The van der Waals surface area contributed by atoms with Gasteiger partial charge in [-0.15, -0.1) is 0 Å². The summed E-state index contributed by atoms with van der Waals surface area (Å²) in [5, 5.41) is 13.6. The van der Waals surface area contributed by atoms with Gasteiger partial charge in [0.15, 0.2) is 0 Å². The van der Waals surface area contributed by atoms with Gasteiger partial charge in [0.05, 0.1) is 0 Å². The molecule has 1 aliphatic heterocycles. The molecule has 6 nitrogen and oxygen atoms in total. The molecule has 2 amide bonds. The average Bonchev–Trinajstić information content (AvgIpc) is 2.14. The largest absolute Gasteiger partial charge is 0.465 e. The van der Waals surface area contributed by atoms with Crippen LogP contribution >= 0.6 is 0 Å². The van der Waals surface area contributed by atoms with Crippen LogP contribution in [0.3, 0.4) is 0 Å². The van der Waals surface area contributed by atoms with Crippen molar-refractivity contribution in [2.45, 2.75) is 13.0 Å². The van der Waals surface area contributed by atoms with Crippen LogP contribution in [0.15, 0.2) is 0 Å². The Morgan fingerprint density at radius 3 is 2.93 bits per heavy atom. The summed E-state index contributed by atoms with van der Waals surface area (Å²) in [4.78, 5) is 23.2. The SMILES string of the molecule is C[C@@H]1CN(C(=O)CNC(=O)O)CCN1. The van der Waals surface area contributed by atoms with Crippen molar-refractivity contribution in [3.8, 4) is 0 Å². The lowest BCUT2D eigenvalue weighted by molar-refractivity contribution is -0.131. The van der Waals surface area contributed by atoms with E-state index in [0.29, 0.717) is 13.1 Å². The maximum atomic E-state index is 11.4. The molecule has 0 spiro atoms. The Morgan fingerprint density at radius 1 is 1.64 bits per heavy atom. The van der Waals surface area contributed by atoms with E-state index in [1.54, 1.807) is 4.90 Å². The van der Waals surface area contributed by atoms with Gasteiger partial charge in [-0.25, -0.2) is 4.79 Å². The Labute approximate surface area is 82.3 Å². The van der Waals surface area contributed by atoms with Crippen LogP contribution < -0.4 is 10.6 Å². The van der Waals surface area contributed by atoms with Crippen LogP contribution in [-0.4, -0.2) is 54.2 Å². The van der Waals surface area contributed by atoms with Crippen LogP contribution in [0, 0.1) is 0 Å². The zero-order valence-corrected chi connectivity index (χ0v) is 8.12. The van der Waals surface area contributed by atoms with Crippen LogP contribution in [0.2, 0.25) is 0 Å². The smallest absolute Gasteiger partial charge is 0.405 e. The topological polar surface area (TPSA) is 81.7 Å². The van der Waals surface area contributed by atoms with Crippen molar-refractivity contribution in [1.29, 1.82) is 0 Å². The maximum Gasteiger partial charge on any atom is 0.405 e. The van der Waals surface area contributed by atoms with E-state index in [0.717, 1.165) is 6.54 Å². The monoisotopic (exact) mass is 201 g/mol. The average molecular weight is 201 g/mol. The van der Waals surface area contributed by atoms with Gasteiger partial charge in [-0.05, 0) is 6.92 Å². The fraction of sp³-hybridized carbons (Fsp3) is 0.750. The van der Waals surface area contributed by atoms with Crippen LogP contribution in [0.5, 0.6) is 0 Å². The number of amides is 2. The second kappa shape index (κ2) is 4.80. The molecule has 1 rings (SSSR count). The van der Waals surface area contributed by atoms with Crippen molar-refractivity contribution >= 4 is 12.0 Å². The van der Waals surface area contributed by atoms with E-state index < -0.39 is 6.09 Å². The molecule has 0 radical (unpaired) electrons. The molecule has 80 valence electrons. The van der Waals surface area contributed by atoms with E-state index >= 15 is 0 Å². The first-order chi connectivity index (χ1) is 6.59. The Kier molecular flexibility index (Phi) is 3.70. The summed E-state index contributed by atoms with van der Waals surface area (Å²) in [5.41, 5.74) is 0. The van der Waals surface area contributed by atoms with Gasteiger partial charge in [0.25, 0.3) is 0 Å². The van der Waals surface area contributed by atoms with Gasteiger partial charge in [-0.3, -0.25) is 4.79 Å². The minimum Gasteiger partial charge on any atom is -0.465 e. The fourth-order valence-corrected chi connectivity index (χ4v) is 1.42. The third kappa shape index (κ3) is 3.21. The van der Waals surface area contributed by atoms with Gasteiger partial charge < -0.3 is 20.6 Å². The molecule has 3 N–H and O–H groups in total. The summed E-state index contributed by atoms with van der Waals surface area (Å²) < 4.78 is 0. The predicted octanol–water partition coefficient (Wildman–Crippen LogP) is -0.926. The summed E-state index contributed by atoms with van der Waals surface area (Å²) in [6.07, 6.45) is -1.17. The number of carboxylic acid groups (broad SMARTS) is 1. The highest BCUT2D eigenvalue weighted by molar-refractivity contribution is 5.81. The Balaban J connectivity index is 2.32. The molecule has 1 aliphatic rings. The lowest BCUT2D eigenvalue weighted by Gasteiger charge is -2.31. The Bertz CT molecular complexity index is 232. The number of piperazine rings is 1. The molecule has 1 saturated heterocycles. The fourth-order valence-electron chi connectivity index (χ4n) is 1.42. The highest BCUT2D eigenvalue weighted by Crippen LogP contribution is 1.98. The molecule has 0 aromatic carbocycles. The second-order valence-electron chi connectivity index (χ2n) is 3.35. The number of rotatable bonds is 2. The van der Waals surface area contributed by atoms with Crippen molar-refractivity contribution in [3.63, 3.8) is 0 Å². The minimum atomic E-state index is -1.17. The van der Waals surface area contributed by atoms with Gasteiger partial charge in [0, 0.05) is 25.7 Å². The zero-order chi connectivity index (χ0) is 10.6. The summed E-state index contributed by atoms with van der Waals surface area (Å²) in [6.45, 7) is 3.90. The van der Waals surface area contributed by atoms with Crippen molar-refractivity contribution in [1.82, 2.24) is 15.5 Å². The number of hydrogen-bond donors (Lipinski definition) is 3. The summed E-state index contributed by atoms with van der Waals surface area (Å²) >= 11 is 0. The van der Waals surface area contributed by atoms with Crippen molar-refractivity contribution in [2.24, 2.45) is 0 Å². The minimum absolute atomic E-state index is 0.137. The summed E-state index contributed by atoms with van der Waals surface area (Å²) in [7, 11) is 0. The van der Waals surface area contributed by atoms with Gasteiger partial charge >= 0.3 is 6.09 Å². The molecule has 6 heteroatoms. The molecule has 0 aliphatic carbocycles. The van der Waals surface area contributed by atoms with Gasteiger partial charge in [0.1, 0.15) is 6.54 Å². The molecule has 1 atom stereocenters. The molecule has 0 aromatic heterocycles. The number of carbonyl (C=O) groups excluding carboxylic acids is 1. The first-order valence-corrected chi connectivity index (χ1v) is 4.57. The molecule has 1 fully saturated rings. The van der Waals surface area contributed by atoms with Gasteiger partial charge in [-0.1, -0.05) is 0 Å². The molecule has 14 heavy (non-hydrogen) atoms. The standard InChI is InChI=1S/C8H15N3O3/c1-6-5-11(3-2-9-6)7(12)4-10-8(13)14/h6,9-10H,2-5H2,1H3,(H,13,14)/t6-/m1/s1. The van der Waals surface area contributed by atoms with Crippen LogP contribution in [0.25, 0.3) is 0 Å². The normalized spacial score (nSPS) is 21.8. The van der Waals surface area contributed by atoms with E-state index in [4.69, 9.17) is 5.11 Å². The number of nitrogens with zero attached hydrogens (tertiary/aromatic N) is 1. The Hall–Kier alpha value is -1.30. The first kappa shape index (κ1) is 10.8. The molecule has 0 unspecified atom stereocenters. The van der Waals surface area contributed by atoms with E-state index in [1.165, 1.54) is 0 Å². The van der Waals surface area contributed by atoms with Crippen molar-refractivity contribution < 1.29 is 14.7 Å². The molecule has 0 saturated carbocycles. The van der Waals surface area contributed by atoms with Crippen LogP contribution in [0.4, 0.5) is 4.79 Å². The molecule has 1 heterocycles. The Morgan fingerprint density at radius 2 is 2.36 bits per heavy atom. The lowest BCUT2D eigenvalue weighted by atomic mass is 10.2. The van der Waals surface area contributed by atoms with Crippen molar-refractivity contribution in [2.75, 3.05) is 26.2 Å². The van der Waals surface area contributed by atoms with Crippen LogP contribution in [-0.2, 0) is 4.79 Å². The summed E-state index contributed by atoms with van der Waals surface area (Å²) in [5.74, 6) is -0.166. The number of nitrogens with one attached hydrogen (secondary N) is 2. The van der Waals surface area contributed by atoms with Crippen molar-refractivity contribution in [3.05, 3.63) is 0 Å². The molecule has 0 aromatic rings. The third-order valence-corrected chi connectivity index (χ3v) is 2.11. The van der Waals surface area contributed by atoms with Gasteiger partial charge in [0.2, 0.25) is 5.91 Å². The molecular weight excluding hydrogens is 186 g/mol. The highest BCUT2D eigenvalue weighted by Gasteiger charge is 2.20. The second-order valence-corrected chi connectivity index (χ2v) is 3.35. The third-order valence-electron chi connectivity index (χ3n) is 2.11. The lowest BCUT2D eigenvalue weighted by Crippen LogP contribution is -2.53. The van der Waals surface area contributed by atoms with Crippen LogP contribution in [0.1, 0.15) is 6.92 Å². The zero-order valence-electron chi connectivity index (χ0n) is 8.12. The highest BCUT2D eigenvalue weighted by atomic mass is 16.4.